The van der Waals surface area contributed by atoms with Crippen molar-refractivity contribution in [3.63, 3.8) is 0 Å². The lowest BCUT2D eigenvalue weighted by Crippen LogP contribution is -2.47. The topological polar surface area (TPSA) is 67.9 Å². The van der Waals surface area contributed by atoms with Gasteiger partial charge in [-0.05, 0) is 30.2 Å². The van der Waals surface area contributed by atoms with Crippen LogP contribution in [0, 0.1) is 0 Å². The number of benzene rings is 1. The van der Waals surface area contributed by atoms with Gasteiger partial charge in [0.05, 0.1) is 4.91 Å². The van der Waals surface area contributed by atoms with Crippen LogP contribution in [0.2, 0.25) is 0 Å². The van der Waals surface area contributed by atoms with Crippen LogP contribution in [0.1, 0.15) is 18.9 Å². The Balaban J connectivity index is 2.07. The van der Waals surface area contributed by atoms with Crippen LogP contribution in [-0.2, 0) is 14.3 Å². The average molecular weight is 498 g/mol. The highest BCUT2D eigenvalue weighted by Gasteiger charge is 2.35. The van der Waals surface area contributed by atoms with Gasteiger partial charge in [0.2, 0.25) is 15.9 Å². The van der Waals surface area contributed by atoms with Gasteiger partial charge >= 0.3 is 0 Å². The monoisotopic (exact) mass is 496 g/mol. The van der Waals surface area contributed by atoms with Gasteiger partial charge in [-0.25, -0.2) is 0 Å². The minimum Gasteiger partial charge on any atom is -0.466 e. The lowest BCUT2D eigenvalue weighted by atomic mass is 10.2. The lowest BCUT2D eigenvalue weighted by molar-refractivity contribution is -0.122. The summed E-state index contributed by atoms with van der Waals surface area (Å²) in [6.07, 6.45) is 1.31. The number of rotatable bonds is 8. The molecule has 2 amide bonds. The van der Waals surface area contributed by atoms with E-state index in [1.54, 1.807) is 42.4 Å². The first kappa shape index (κ1) is 24.2. The number of hydrogen-bond acceptors (Lipinski definition) is 6. The number of carbonyl (C=O) groups excluding carboxylic acids is 2. The Hall–Kier alpha value is -1.03. The van der Waals surface area contributed by atoms with Crippen LogP contribution in [0.5, 0.6) is 5.75 Å². The SMILES string of the molecule is COCCCN1C(=O)/C(=C/c2ccc(OC(NC(C)=O)C(Cl)(Cl)Cl)cc2)SC1=S. The Kier molecular flexibility index (Phi) is 9.06. The number of thiocarbonyl (C=S) groups is 1. The van der Waals surface area contributed by atoms with Crippen molar-refractivity contribution in [1.29, 1.82) is 0 Å². The predicted octanol–water partition coefficient (Wildman–Crippen LogP) is 4.14. The minimum atomic E-state index is -1.85. The maximum Gasteiger partial charge on any atom is 0.266 e. The predicted molar refractivity (Wildman–Crippen MR) is 121 cm³/mol. The van der Waals surface area contributed by atoms with Gasteiger partial charge < -0.3 is 14.8 Å². The second kappa shape index (κ2) is 10.8. The molecule has 1 N–H and O–H groups in total. The zero-order valence-corrected chi connectivity index (χ0v) is 19.5. The van der Waals surface area contributed by atoms with Gasteiger partial charge in [0, 0.05) is 27.2 Å². The molecule has 1 aromatic rings. The molecule has 0 saturated carbocycles. The Bertz CT molecular complexity index is 797. The van der Waals surface area contributed by atoms with Crippen molar-refractivity contribution < 1.29 is 19.1 Å². The second-order valence-corrected chi connectivity index (χ2v) is 10.0. The molecule has 0 spiro atoms. The number of amides is 2. The van der Waals surface area contributed by atoms with E-state index >= 15 is 0 Å². The van der Waals surface area contributed by atoms with Crippen LogP contribution in [0.25, 0.3) is 6.08 Å². The van der Waals surface area contributed by atoms with Gasteiger partial charge in [-0.2, -0.15) is 0 Å². The lowest BCUT2D eigenvalue weighted by Gasteiger charge is -2.25. The van der Waals surface area contributed by atoms with Gasteiger partial charge in [0.1, 0.15) is 10.1 Å². The van der Waals surface area contributed by atoms with Crippen LogP contribution < -0.4 is 10.1 Å². The maximum atomic E-state index is 12.5. The van der Waals surface area contributed by atoms with E-state index in [4.69, 9.17) is 56.5 Å². The molecule has 0 aliphatic carbocycles. The highest BCUT2D eigenvalue weighted by atomic mass is 35.6. The Morgan fingerprint density at radius 3 is 2.55 bits per heavy atom. The fourth-order valence-electron chi connectivity index (χ4n) is 2.35. The molecule has 0 radical (unpaired) electrons. The van der Waals surface area contributed by atoms with Gasteiger partial charge in [-0.3, -0.25) is 14.5 Å². The third-order valence-corrected chi connectivity index (χ3v) is 5.64. The molecule has 1 saturated heterocycles. The van der Waals surface area contributed by atoms with Gasteiger partial charge in [-0.15, -0.1) is 0 Å². The third kappa shape index (κ3) is 7.31. The quantitative estimate of drug-likeness (QED) is 0.191. The average Bonchev–Trinajstić information content (AvgIpc) is 2.89. The van der Waals surface area contributed by atoms with Crippen molar-refractivity contribution in [1.82, 2.24) is 10.2 Å². The molecule has 1 atom stereocenters. The molecule has 158 valence electrons. The highest BCUT2D eigenvalue weighted by Crippen LogP contribution is 2.34. The summed E-state index contributed by atoms with van der Waals surface area (Å²) in [4.78, 5) is 25.9. The molecule has 11 heteroatoms. The highest BCUT2D eigenvalue weighted by molar-refractivity contribution is 8.26. The van der Waals surface area contributed by atoms with E-state index < -0.39 is 15.9 Å². The van der Waals surface area contributed by atoms with Crippen LogP contribution in [0.3, 0.4) is 0 Å². The number of nitrogens with zero attached hydrogens (tertiary/aromatic N) is 1. The number of thioether (sulfide) groups is 1. The molecule has 6 nitrogen and oxygen atoms in total. The summed E-state index contributed by atoms with van der Waals surface area (Å²) < 4.78 is 9.26. The first-order chi connectivity index (χ1) is 13.6. The van der Waals surface area contributed by atoms with Crippen molar-refractivity contribution in [2.24, 2.45) is 0 Å². The minimum absolute atomic E-state index is 0.127. The summed E-state index contributed by atoms with van der Waals surface area (Å²) in [6.45, 7) is 2.37. The molecule has 0 aromatic heterocycles. The molecular formula is C18H19Cl3N2O4S2. The van der Waals surface area contributed by atoms with E-state index in [0.717, 1.165) is 5.56 Å². The Morgan fingerprint density at radius 1 is 1.34 bits per heavy atom. The van der Waals surface area contributed by atoms with E-state index in [0.29, 0.717) is 34.5 Å². The maximum absolute atomic E-state index is 12.5. The van der Waals surface area contributed by atoms with E-state index in [1.807, 2.05) is 0 Å². The summed E-state index contributed by atoms with van der Waals surface area (Å²) in [6, 6.07) is 6.79. The summed E-state index contributed by atoms with van der Waals surface area (Å²) in [5.74, 6) is -0.136. The van der Waals surface area contributed by atoms with Gasteiger partial charge in [0.25, 0.3) is 5.91 Å². The van der Waals surface area contributed by atoms with E-state index in [-0.39, 0.29) is 5.91 Å². The number of carbonyl (C=O) groups is 2. The zero-order chi connectivity index (χ0) is 21.6. The zero-order valence-electron chi connectivity index (χ0n) is 15.6. The number of ether oxygens (including phenoxy) is 2. The smallest absolute Gasteiger partial charge is 0.266 e. The largest absolute Gasteiger partial charge is 0.466 e. The standard InChI is InChI=1S/C18H19Cl3N2O4S2/c1-11(24)22-16(18(19,20)21)27-13-6-4-12(5-7-13)10-14-15(25)23(17(28)29-14)8-3-9-26-2/h4-7,10,16H,3,8-9H2,1-2H3,(H,22,24)/b14-10-. The number of alkyl halides is 3. The van der Waals surface area contributed by atoms with E-state index in [2.05, 4.69) is 5.32 Å². The molecule has 1 fully saturated rings. The molecule has 1 aromatic carbocycles. The number of hydrogen-bond donors (Lipinski definition) is 1. The number of nitrogens with one attached hydrogen (secondary N) is 1. The molecular weight excluding hydrogens is 479 g/mol. The molecule has 29 heavy (non-hydrogen) atoms. The molecule has 1 unspecified atom stereocenters. The molecule has 2 rings (SSSR count). The first-order valence-corrected chi connectivity index (χ1v) is 10.8. The van der Waals surface area contributed by atoms with Crippen LogP contribution in [0.4, 0.5) is 0 Å². The van der Waals surface area contributed by atoms with Crippen molar-refractivity contribution in [3.05, 3.63) is 34.7 Å². The van der Waals surface area contributed by atoms with Gasteiger partial charge in [-0.1, -0.05) is 70.9 Å². The Labute approximate surface area is 193 Å². The summed E-state index contributed by atoms with van der Waals surface area (Å²) in [7, 11) is 1.61. The van der Waals surface area contributed by atoms with E-state index in [1.165, 1.54) is 18.7 Å². The normalized spacial score (nSPS) is 17.0. The first-order valence-electron chi connectivity index (χ1n) is 8.46. The second-order valence-electron chi connectivity index (χ2n) is 5.99. The van der Waals surface area contributed by atoms with Gasteiger partial charge in [0.15, 0.2) is 0 Å². The number of methoxy groups -OCH3 is 1. The fourth-order valence-corrected chi connectivity index (χ4v) is 3.96. The third-order valence-electron chi connectivity index (χ3n) is 3.67. The van der Waals surface area contributed by atoms with Crippen LogP contribution >= 0.6 is 58.8 Å². The summed E-state index contributed by atoms with van der Waals surface area (Å²) >= 11 is 24.1. The van der Waals surface area contributed by atoms with Crippen LogP contribution in [0.15, 0.2) is 29.2 Å². The van der Waals surface area contributed by atoms with Crippen LogP contribution in [-0.4, -0.2) is 51.3 Å². The van der Waals surface area contributed by atoms with Crippen molar-refractivity contribution >= 4 is 81.0 Å². The van der Waals surface area contributed by atoms with Crippen molar-refractivity contribution in [3.8, 4) is 5.75 Å². The summed E-state index contributed by atoms with van der Waals surface area (Å²) in [5.41, 5.74) is 0.778. The molecule has 1 aliphatic rings. The van der Waals surface area contributed by atoms with Crippen molar-refractivity contribution in [2.75, 3.05) is 20.3 Å². The molecule has 1 aliphatic heterocycles. The Morgan fingerprint density at radius 2 is 2.00 bits per heavy atom. The van der Waals surface area contributed by atoms with Crippen molar-refractivity contribution in [2.45, 2.75) is 23.4 Å². The summed E-state index contributed by atoms with van der Waals surface area (Å²) in [5, 5.41) is 2.43. The van der Waals surface area contributed by atoms with E-state index in [9.17, 15) is 9.59 Å². The fraction of sp³-hybridized carbons (Fsp3) is 0.389. The number of halogens is 3. The molecule has 0 bridgehead atoms. The molecule has 1 heterocycles.